The Bertz CT molecular complexity index is 1110. The fourth-order valence-electron chi connectivity index (χ4n) is 2.58. The standard InChI is InChI=1S/C20H12Cl2N2O2/c21-13-6-8-16(22)15(10-13)19(25)23-14-7-9-18-17(11-14)24-20(26-18)12-4-2-1-3-5-12/h1-11H,(H,23,25). The number of oxazole rings is 1. The summed E-state index contributed by atoms with van der Waals surface area (Å²) >= 11 is 12.0. The van der Waals surface area contributed by atoms with Gasteiger partial charge >= 0.3 is 0 Å². The van der Waals surface area contributed by atoms with Crippen molar-refractivity contribution in [3.63, 3.8) is 0 Å². The predicted octanol–water partition coefficient (Wildman–Crippen LogP) is 6.05. The quantitative estimate of drug-likeness (QED) is 0.468. The number of rotatable bonds is 3. The lowest BCUT2D eigenvalue weighted by atomic mass is 10.2. The van der Waals surface area contributed by atoms with Gasteiger partial charge in [-0.3, -0.25) is 4.79 Å². The lowest BCUT2D eigenvalue weighted by molar-refractivity contribution is 0.102. The summed E-state index contributed by atoms with van der Waals surface area (Å²) in [4.78, 5) is 16.9. The Kier molecular flexibility index (Phi) is 4.37. The minimum Gasteiger partial charge on any atom is -0.436 e. The number of nitrogens with zero attached hydrogens (tertiary/aromatic N) is 1. The predicted molar refractivity (Wildman–Crippen MR) is 104 cm³/mol. The van der Waals surface area contributed by atoms with Crippen LogP contribution in [0.5, 0.6) is 0 Å². The molecule has 26 heavy (non-hydrogen) atoms. The molecule has 1 heterocycles. The fourth-order valence-corrected chi connectivity index (χ4v) is 2.95. The minimum atomic E-state index is -0.344. The van der Waals surface area contributed by atoms with Gasteiger partial charge in [0.25, 0.3) is 5.91 Å². The number of nitrogens with one attached hydrogen (secondary N) is 1. The van der Waals surface area contributed by atoms with Crippen LogP contribution in [-0.2, 0) is 0 Å². The Morgan fingerprint density at radius 1 is 0.962 bits per heavy atom. The van der Waals surface area contributed by atoms with Crippen molar-refractivity contribution < 1.29 is 9.21 Å². The zero-order chi connectivity index (χ0) is 18.1. The molecule has 6 heteroatoms. The number of amides is 1. The van der Waals surface area contributed by atoms with Crippen LogP contribution in [0.25, 0.3) is 22.6 Å². The molecule has 1 N–H and O–H groups in total. The van der Waals surface area contributed by atoms with Crippen LogP contribution in [0, 0.1) is 0 Å². The van der Waals surface area contributed by atoms with Crippen LogP contribution < -0.4 is 5.32 Å². The minimum absolute atomic E-state index is 0.310. The van der Waals surface area contributed by atoms with Crippen LogP contribution in [0.15, 0.2) is 71.1 Å². The number of carbonyl (C=O) groups is 1. The molecule has 0 unspecified atom stereocenters. The van der Waals surface area contributed by atoms with Gasteiger partial charge in [0.2, 0.25) is 5.89 Å². The number of fused-ring (bicyclic) bond motifs is 1. The van der Waals surface area contributed by atoms with Crippen LogP contribution in [0.1, 0.15) is 10.4 Å². The highest BCUT2D eigenvalue weighted by atomic mass is 35.5. The first-order chi connectivity index (χ1) is 12.6. The second-order valence-corrected chi connectivity index (χ2v) is 6.49. The molecular weight excluding hydrogens is 371 g/mol. The van der Waals surface area contributed by atoms with Gasteiger partial charge in [-0.2, -0.15) is 0 Å². The number of anilines is 1. The third-order valence-corrected chi connectivity index (χ3v) is 4.40. The Hall–Kier alpha value is -2.82. The van der Waals surface area contributed by atoms with Crippen molar-refractivity contribution in [1.29, 1.82) is 0 Å². The maximum atomic E-state index is 12.5. The first-order valence-electron chi connectivity index (χ1n) is 7.82. The van der Waals surface area contributed by atoms with Crippen molar-refractivity contribution in [3.8, 4) is 11.5 Å². The Labute approximate surface area is 159 Å². The van der Waals surface area contributed by atoms with Crippen molar-refractivity contribution >= 4 is 45.9 Å². The van der Waals surface area contributed by atoms with Gasteiger partial charge in [-0.1, -0.05) is 41.4 Å². The molecule has 4 rings (SSSR count). The molecule has 0 fully saturated rings. The molecule has 128 valence electrons. The smallest absolute Gasteiger partial charge is 0.257 e. The number of hydrogen-bond donors (Lipinski definition) is 1. The molecular formula is C20H12Cl2N2O2. The Morgan fingerprint density at radius 3 is 2.58 bits per heavy atom. The first kappa shape index (κ1) is 16.6. The van der Waals surface area contributed by atoms with Crippen molar-refractivity contribution in [2.45, 2.75) is 0 Å². The fraction of sp³-hybridized carbons (Fsp3) is 0. The van der Waals surface area contributed by atoms with E-state index in [1.165, 1.54) is 6.07 Å². The number of carbonyl (C=O) groups excluding carboxylic acids is 1. The molecule has 0 atom stereocenters. The van der Waals surface area contributed by atoms with Crippen molar-refractivity contribution in [2.75, 3.05) is 5.32 Å². The van der Waals surface area contributed by atoms with E-state index in [9.17, 15) is 4.79 Å². The van der Waals surface area contributed by atoms with Crippen LogP contribution >= 0.6 is 23.2 Å². The monoisotopic (exact) mass is 382 g/mol. The normalized spacial score (nSPS) is 10.8. The van der Waals surface area contributed by atoms with Crippen molar-refractivity contribution in [1.82, 2.24) is 4.98 Å². The topological polar surface area (TPSA) is 55.1 Å². The second-order valence-electron chi connectivity index (χ2n) is 5.65. The number of halogens is 2. The molecule has 0 radical (unpaired) electrons. The van der Waals surface area contributed by atoms with Crippen LogP contribution in [0.3, 0.4) is 0 Å². The van der Waals surface area contributed by atoms with Gasteiger partial charge in [0, 0.05) is 16.3 Å². The van der Waals surface area contributed by atoms with Crippen molar-refractivity contribution in [2.24, 2.45) is 0 Å². The number of hydrogen-bond acceptors (Lipinski definition) is 3. The summed E-state index contributed by atoms with van der Waals surface area (Å²) in [6, 6.07) is 19.6. The van der Waals surface area contributed by atoms with Crippen LogP contribution in [-0.4, -0.2) is 10.9 Å². The lowest BCUT2D eigenvalue weighted by Gasteiger charge is -2.07. The summed E-state index contributed by atoms with van der Waals surface area (Å²) in [5.74, 6) is 0.186. The Balaban J connectivity index is 1.63. The molecule has 1 amide bonds. The van der Waals surface area contributed by atoms with E-state index in [1.54, 1.807) is 30.3 Å². The van der Waals surface area contributed by atoms with E-state index in [2.05, 4.69) is 10.3 Å². The molecule has 4 aromatic rings. The molecule has 3 aromatic carbocycles. The van der Waals surface area contributed by atoms with E-state index in [4.69, 9.17) is 27.6 Å². The summed E-state index contributed by atoms with van der Waals surface area (Å²) in [6.07, 6.45) is 0. The number of benzene rings is 3. The molecule has 1 aromatic heterocycles. The molecule has 0 spiro atoms. The highest BCUT2D eigenvalue weighted by Crippen LogP contribution is 2.27. The van der Waals surface area contributed by atoms with E-state index in [1.807, 2.05) is 30.3 Å². The Morgan fingerprint density at radius 2 is 1.77 bits per heavy atom. The molecule has 0 saturated carbocycles. The van der Waals surface area contributed by atoms with E-state index < -0.39 is 0 Å². The van der Waals surface area contributed by atoms with Crippen LogP contribution in [0.2, 0.25) is 10.0 Å². The van der Waals surface area contributed by atoms with Gasteiger partial charge in [-0.25, -0.2) is 4.98 Å². The summed E-state index contributed by atoms with van der Waals surface area (Å²) in [7, 11) is 0. The zero-order valence-electron chi connectivity index (χ0n) is 13.4. The largest absolute Gasteiger partial charge is 0.436 e. The maximum Gasteiger partial charge on any atom is 0.257 e. The van der Waals surface area contributed by atoms with Gasteiger partial charge in [0.1, 0.15) is 5.52 Å². The first-order valence-corrected chi connectivity index (χ1v) is 8.58. The SMILES string of the molecule is O=C(Nc1ccc2oc(-c3ccccc3)nc2c1)c1cc(Cl)ccc1Cl. The molecule has 0 aliphatic heterocycles. The lowest BCUT2D eigenvalue weighted by Crippen LogP contribution is -2.12. The van der Waals surface area contributed by atoms with E-state index in [0.717, 1.165) is 5.56 Å². The second kappa shape index (κ2) is 6.83. The van der Waals surface area contributed by atoms with Gasteiger partial charge in [0.05, 0.1) is 10.6 Å². The molecule has 0 bridgehead atoms. The summed E-state index contributed by atoms with van der Waals surface area (Å²) < 4.78 is 5.77. The average Bonchev–Trinajstić information content (AvgIpc) is 3.08. The molecule has 0 aliphatic carbocycles. The summed E-state index contributed by atoms with van der Waals surface area (Å²) in [5, 5.41) is 3.58. The molecule has 0 aliphatic rings. The van der Waals surface area contributed by atoms with Crippen molar-refractivity contribution in [3.05, 3.63) is 82.3 Å². The number of aromatic nitrogens is 1. The van der Waals surface area contributed by atoms with E-state index in [-0.39, 0.29) is 5.91 Å². The van der Waals surface area contributed by atoms with Gasteiger partial charge in [-0.15, -0.1) is 0 Å². The van der Waals surface area contributed by atoms with Crippen LogP contribution in [0.4, 0.5) is 5.69 Å². The maximum absolute atomic E-state index is 12.5. The highest BCUT2D eigenvalue weighted by molar-refractivity contribution is 6.36. The zero-order valence-corrected chi connectivity index (χ0v) is 14.9. The van der Waals surface area contributed by atoms with Gasteiger partial charge in [0.15, 0.2) is 5.58 Å². The summed E-state index contributed by atoms with van der Waals surface area (Å²) in [6.45, 7) is 0. The highest BCUT2D eigenvalue weighted by Gasteiger charge is 2.13. The van der Waals surface area contributed by atoms with Gasteiger partial charge in [-0.05, 0) is 48.5 Å². The van der Waals surface area contributed by atoms with Gasteiger partial charge < -0.3 is 9.73 Å². The third-order valence-electron chi connectivity index (χ3n) is 3.84. The average molecular weight is 383 g/mol. The molecule has 4 nitrogen and oxygen atoms in total. The third kappa shape index (κ3) is 3.29. The molecule has 0 saturated heterocycles. The summed E-state index contributed by atoms with van der Waals surface area (Å²) in [5.41, 5.74) is 3.08. The van der Waals surface area contributed by atoms with E-state index >= 15 is 0 Å². The van der Waals surface area contributed by atoms with E-state index in [0.29, 0.717) is 38.3 Å².